The molecule has 0 fully saturated rings. The second-order valence-corrected chi connectivity index (χ2v) is 1.39. The Morgan fingerprint density at radius 3 is 2.40 bits per heavy atom. The smallest absolute Gasteiger partial charge is 0.358 e. The van der Waals surface area contributed by atoms with Gasteiger partial charge in [0.05, 0.1) is 0 Å². The Balaban J connectivity index is 0. The van der Waals surface area contributed by atoms with E-state index in [1.807, 2.05) is 18.2 Å². The average molecular weight is 183 g/mol. The van der Waals surface area contributed by atoms with Gasteiger partial charge in [-0.05, 0) is 6.07 Å². The van der Waals surface area contributed by atoms with Crippen LogP contribution in [0.15, 0.2) is 24.3 Å². The third-order valence-electron chi connectivity index (χ3n) is 0.830. The summed E-state index contributed by atoms with van der Waals surface area (Å²) >= 11 is 0. The molecule has 10 heavy (non-hydrogen) atoms. The normalized spacial score (nSPS) is 6.30. The fourth-order valence-corrected chi connectivity index (χ4v) is 0.463. The van der Waals surface area contributed by atoms with Gasteiger partial charge in [-0.3, -0.25) is 5.26 Å². The Kier molecular flexibility index (Phi) is 7.78. The van der Waals surface area contributed by atoms with Crippen LogP contribution < -0.4 is 0 Å². The molecule has 0 unspecified atom stereocenters. The third kappa shape index (κ3) is 3.38. The van der Waals surface area contributed by atoms with E-state index in [0.717, 1.165) is 0 Å². The van der Waals surface area contributed by atoms with Crippen molar-refractivity contribution in [3.8, 4) is 6.07 Å². The number of benzene rings is 1. The van der Waals surface area contributed by atoms with Crippen molar-refractivity contribution in [1.82, 2.24) is 0 Å². The molecule has 1 nitrogen and oxygen atoms in total. The topological polar surface area (TPSA) is 23.8 Å². The zero-order valence-electron chi connectivity index (χ0n) is 5.96. The first-order valence-corrected chi connectivity index (χ1v) is 2.30. The predicted molar refractivity (Wildman–Crippen MR) is 36.4 cm³/mol. The molecule has 0 N–H and O–H groups in total. The Hall–Kier alpha value is -0.667. The van der Waals surface area contributed by atoms with Crippen LogP contribution in [0.2, 0.25) is 0 Å². The van der Waals surface area contributed by atoms with E-state index in [9.17, 15) is 0 Å². The molecule has 0 saturated carbocycles. The number of nitriles is 1. The SMILES string of the molecule is N#Cc1[c-]cccc1.[CH3-].[Zn+2]. The molecule has 0 atom stereocenters. The van der Waals surface area contributed by atoms with E-state index in [2.05, 4.69) is 6.07 Å². The standard InChI is InChI=1S/C7H4N.CH3.Zn/c8-6-7-4-2-1-3-5-7;;/h1-4H;1H3;/q2*-1;+2. The van der Waals surface area contributed by atoms with Crippen LogP contribution in [0.3, 0.4) is 0 Å². The minimum atomic E-state index is 0. The third-order valence-corrected chi connectivity index (χ3v) is 0.830. The van der Waals surface area contributed by atoms with Gasteiger partial charge in [-0.1, -0.05) is 5.56 Å². The molecule has 0 spiro atoms. The Morgan fingerprint density at radius 1 is 1.40 bits per heavy atom. The Labute approximate surface area is 74.4 Å². The molecule has 0 aliphatic rings. The van der Waals surface area contributed by atoms with Gasteiger partial charge in [0, 0.05) is 0 Å². The second kappa shape index (κ2) is 6.45. The van der Waals surface area contributed by atoms with Crippen LogP contribution in [0.4, 0.5) is 0 Å². The van der Waals surface area contributed by atoms with Gasteiger partial charge in [0.25, 0.3) is 0 Å². The molecule has 1 aromatic carbocycles. The van der Waals surface area contributed by atoms with Crippen molar-refractivity contribution < 1.29 is 19.5 Å². The molecule has 0 aliphatic heterocycles. The van der Waals surface area contributed by atoms with Crippen LogP contribution in [-0.2, 0) is 19.5 Å². The first kappa shape index (κ1) is 12.1. The predicted octanol–water partition coefficient (Wildman–Crippen LogP) is 1.81. The molecule has 2 heteroatoms. The molecule has 0 aromatic heterocycles. The maximum absolute atomic E-state index is 8.26. The van der Waals surface area contributed by atoms with E-state index in [-0.39, 0.29) is 26.9 Å². The maximum atomic E-state index is 8.26. The molecule has 0 amide bonds. The van der Waals surface area contributed by atoms with E-state index in [0.29, 0.717) is 5.56 Å². The first-order chi connectivity index (χ1) is 3.93. The van der Waals surface area contributed by atoms with Gasteiger partial charge in [0.15, 0.2) is 0 Å². The summed E-state index contributed by atoms with van der Waals surface area (Å²) < 4.78 is 0. The molecule has 46 valence electrons. The quantitative estimate of drug-likeness (QED) is 0.443. The Bertz CT molecular complexity index is 200. The van der Waals surface area contributed by atoms with Gasteiger partial charge in [-0.15, -0.1) is 30.3 Å². The van der Waals surface area contributed by atoms with Crippen molar-refractivity contribution in [3.05, 3.63) is 43.3 Å². The monoisotopic (exact) mass is 181 g/mol. The molecule has 0 bridgehead atoms. The molecular formula is C8H7NZn. The summed E-state index contributed by atoms with van der Waals surface area (Å²) in [5.74, 6) is 0. The van der Waals surface area contributed by atoms with Gasteiger partial charge in [0.1, 0.15) is 0 Å². The van der Waals surface area contributed by atoms with Crippen LogP contribution >= 0.6 is 0 Å². The van der Waals surface area contributed by atoms with Crippen LogP contribution in [0, 0.1) is 24.8 Å². The van der Waals surface area contributed by atoms with E-state index < -0.39 is 0 Å². The van der Waals surface area contributed by atoms with Crippen molar-refractivity contribution >= 4 is 0 Å². The first-order valence-electron chi connectivity index (χ1n) is 2.30. The number of nitrogens with zero attached hydrogens (tertiary/aromatic N) is 1. The fraction of sp³-hybridized carbons (Fsp3) is 0. The van der Waals surface area contributed by atoms with Gasteiger partial charge in [-0.2, -0.15) is 0 Å². The zero-order chi connectivity index (χ0) is 5.82. The summed E-state index contributed by atoms with van der Waals surface area (Å²) in [6.07, 6.45) is 0. The molecule has 0 aliphatic carbocycles. The molecule has 0 radical (unpaired) electrons. The van der Waals surface area contributed by atoms with Crippen molar-refractivity contribution in [3.63, 3.8) is 0 Å². The summed E-state index contributed by atoms with van der Waals surface area (Å²) in [5, 5.41) is 8.26. The van der Waals surface area contributed by atoms with Crippen LogP contribution in [0.25, 0.3) is 0 Å². The minimum absolute atomic E-state index is 0. The fourth-order valence-electron chi connectivity index (χ4n) is 0.463. The van der Waals surface area contributed by atoms with Crippen LogP contribution in [0.1, 0.15) is 5.56 Å². The number of rotatable bonds is 0. The van der Waals surface area contributed by atoms with Crippen molar-refractivity contribution in [2.24, 2.45) is 0 Å². The maximum Gasteiger partial charge on any atom is 2.00 e. The summed E-state index contributed by atoms with van der Waals surface area (Å²) in [6, 6.07) is 11.8. The number of hydrogen-bond acceptors (Lipinski definition) is 1. The molecule has 1 rings (SSSR count). The minimum Gasteiger partial charge on any atom is -0.358 e. The largest absolute Gasteiger partial charge is 2.00 e. The van der Waals surface area contributed by atoms with Gasteiger partial charge >= 0.3 is 19.5 Å². The van der Waals surface area contributed by atoms with Gasteiger partial charge < -0.3 is 7.43 Å². The van der Waals surface area contributed by atoms with Crippen LogP contribution in [0.5, 0.6) is 0 Å². The molecule has 1 aromatic rings. The number of hydrogen-bond donors (Lipinski definition) is 0. The van der Waals surface area contributed by atoms with E-state index >= 15 is 0 Å². The summed E-state index contributed by atoms with van der Waals surface area (Å²) in [4.78, 5) is 0. The summed E-state index contributed by atoms with van der Waals surface area (Å²) in [6.45, 7) is 0. The molecular weight excluding hydrogens is 175 g/mol. The van der Waals surface area contributed by atoms with Crippen molar-refractivity contribution in [2.75, 3.05) is 0 Å². The van der Waals surface area contributed by atoms with E-state index in [1.54, 1.807) is 12.1 Å². The average Bonchev–Trinajstić information content (AvgIpc) is 1.90. The van der Waals surface area contributed by atoms with Crippen LogP contribution in [-0.4, -0.2) is 0 Å². The zero-order valence-corrected chi connectivity index (χ0v) is 8.93. The van der Waals surface area contributed by atoms with Gasteiger partial charge in [0.2, 0.25) is 0 Å². The van der Waals surface area contributed by atoms with Crippen molar-refractivity contribution in [1.29, 1.82) is 5.26 Å². The van der Waals surface area contributed by atoms with Crippen molar-refractivity contribution in [2.45, 2.75) is 0 Å². The summed E-state index contributed by atoms with van der Waals surface area (Å²) in [7, 11) is 0. The van der Waals surface area contributed by atoms with Gasteiger partial charge in [-0.25, -0.2) is 0 Å². The second-order valence-electron chi connectivity index (χ2n) is 1.39. The Morgan fingerprint density at radius 2 is 2.10 bits per heavy atom. The summed E-state index contributed by atoms with van der Waals surface area (Å²) in [5.41, 5.74) is 0.590. The van der Waals surface area contributed by atoms with E-state index in [4.69, 9.17) is 5.26 Å². The molecule has 0 heterocycles. The molecule has 0 saturated heterocycles. The van der Waals surface area contributed by atoms with E-state index in [1.165, 1.54) is 0 Å².